The van der Waals surface area contributed by atoms with Gasteiger partial charge < -0.3 is 9.88 Å². The zero-order valence-electron chi connectivity index (χ0n) is 18.3. The molecule has 3 aromatic rings. The van der Waals surface area contributed by atoms with E-state index in [1.165, 1.54) is 30.0 Å². The average molecular weight is 508 g/mol. The van der Waals surface area contributed by atoms with Gasteiger partial charge in [0.05, 0.1) is 21.6 Å². The summed E-state index contributed by atoms with van der Waals surface area (Å²) in [5.74, 6) is 1.19. The number of halogens is 2. The van der Waals surface area contributed by atoms with Crippen molar-refractivity contribution < 1.29 is 9.72 Å². The van der Waals surface area contributed by atoms with Crippen LogP contribution in [-0.4, -0.2) is 25.6 Å². The molecule has 2 aromatic carbocycles. The Hall–Kier alpha value is -2.62. The molecule has 0 saturated heterocycles. The molecule has 1 heterocycles. The molecule has 0 aliphatic rings. The number of carbonyl (C=O) groups excluding carboxylic acids is 1. The van der Waals surface area contributed by atoms with Gasteiger partial charge in [0.1, 0.15) is 0 Å². The van der Waals surface area contributed by atoms with E-state index in [4.69, 9.17) is 23.2 Å². The lowest BCUT2D eigenvalue weighted by Crippen LogP contribution is -2.31. The Morgan fingerprint density at radius 1 is 1.18 bits per heavy atom. The summed E-state index contributed by atoms with van der Waals surface area (Å²) in [4.78, 5) is 23.3. The number of nitro groups is 1. The first-order valence-corrected chi connectivity index (χ1v) is 11.9. The predicted molar refractivity (Wildman–Crippen MR) is 130 cm³/mol. The number of benzene rings is 2. The lowest BCUT2D eigenvalue weighted by atomic mass is 10.0. The minimum Gasteiger partial charge on any atom is -0.342 e. The fraction of sp³-hybridized carbons (Fsp3) is 0.318. The number of hydrogen-bond acceptors (Lipinski definition) is 6. The Bertz CT molecular complexity index is 1150. The average Bonchev–Trinajstić information content (AvgIpc) is 3.12. The zero-order valence-corrected chi connectivity index (χ0v) is 20.6. The van der Waals surface area contributed by atoms with Crippen molar-refractivity contribution in [1.29, 1.82) is 0 Å². The molecule has 174 valence electrons. The van der Waals surface area contributed by atoms with Crippen molar-refractivity contribution in [2.45, 2.75) is 37.2 Å². The highest BCUT2D eigenvalue weighted by molar-refractivity contribution is 7.98. The van der Waals surface area contributed by atoms with Gasteiger partial charge in [-0.2, -0.15) is 0 Å². The second-order valence-corrected chi connectivity index (χ2v) is 9.68. The largest absolute Gasteiger partial charge is 0.342 e. The lowest BCUT2D eigenvalue weighted by Gasteiger charge is -2.20. The number of carbonyl (C=O) groups is 1. The summed E-state index contributed by atoms with van der Waals surface area (Å²) in [5, 5.41) is 23.9. The van der Waals surface area contributed by atoms with Crippen molar-refractivity contribution in [3.05, 3.63) is 79.6 Å². The summed E-state index contributed by atoms with van der Waals surface area (Å²) in [6.45, 7) is 4.13. The zero-order chi connectivity index (χ0) is 24.1. The van der Waals surface area contributed by atoms with E-state index in [-0.39, 0.29) is 22.7 Å². The number of amides is 1. The second kappa shape index (κ2) is 11.0. The topological polar surface area (TPSA) is 103 Å². The number of nitro benzene ring substituents is 1. The van der Waals surface area contributed by atoms with Gasteiger partial charge >= 0.3 is 0 Å². The van der Waals surface area contributed by atoms with Gasteiger partial charge in [-0.1, -0.05) is 60.9 Å². The maximum Gasteiger partial charge on any atom is 0.269 e. The van der Waals surface area contributed by atoms with E-state index in [1.54, 1.807) is 24.3 Å². The second-order valence-electron chi connectivity index (χ2n) is 7.89. The Morgan fingerprint density at radius 3 is 2.48 bits per heavy atom. The van der Waals surface area contributed by atoms with Crippen LogP contribution in [0.5, 0.6) is 0 Å². The molecule has 1 atom stereocenters. The third kappa shape index (κ3) is 6.46. The fourth-order valence-corrected chi connectivity index (χ4v) is 4.60. The van der Waals surface area contributed by atoms with Crippen LogP contribution in [0.25, 0.3) is 0 Å². The number of hydrogen-bond donors (Lipinski definition) is 1. The van der Waals surface area contributed by atoms with Gasteiger partial charge in [-0.25, -0.2) is 0 Å². The number of rotatable bonds is 9. The maximum atomic E-state index is 12.9. The summed E-state index contributed by atoms with van der Waals surface area (Å²) in [5.41, 5.74) is 1.32. The van der Waals surface area contributed by atoms with E-state index in [2.05, 4.69) is 29.4 Å². The summed E-state index contributed by atoms with van der Waals surface area (Å²) >= 11 is 13.6. The molecule has 0 fully saturated rings. The number of thioether (sulfide) groups is 1. The molecule has 0 saturated carbocycles. The molecular formula is C22H23Cl2N5O3S. The van der Waals surface area contributed by atoms with Gasteiger partial charge in [0.2, 0.25) is 0 Å². The lowest BCUT2D eigenvalue weighted by molar-refractivity contribution is -0.384. The SMILES string of the molecule is CC(C)C[C@H](NC(=O)c1ccc(Cl)cc1Cl)c1nnc(SCc2ccc([N+](=O)[O-])cc2)n1C. The van der Waals surface area contributed by atoms with Crippen LogP contribution in [0.15, 0.2) is 47.6 Å². The Morgan fingerprint density at radius 2 is 1.88 bits per heavy atom. The van der Waals surface area contributed by atoms with Crippen LogP contribution in [0, 0.1) is 16.0 Å². The van der Waals surface area contributed by atoms with Crippen LogP contribution < -0.4 is 5.32 Å². The first-order valence-electron chi connectivity index (χ1n) is 10.2. The van der Waals surface area contributed by atoms with Crippen molar-refractivity contribution in [2.75, 3.05) is 0 Å². The molecule has 0 unspecified atom stereocenters. The normalized spacial score (nSPS) is 12.1. The minimum absolute atomic E-state index is 0.0535. The van der Waals surface area contributed by atoms with Crippen molar-refractivity contribution in [1.82, 2.24) is 20.1 Å². The Kier molecular flexibility index (Phi) is 8.34. The predicted octanol–water partition coefficient (Wildman–Crippen LogP) is 5.84. The van der Waals surface area contributed by atoms with E-state index in [9.17, 15) is 14.9 Å². The van der Waals surface area contributed by atoms with Crippen LogP contribution in [-0.2, 0) is 12.8 Å². The highest BCUT2D eigenvalue weighted by atomic mass is 35.5. The van der Waals surface area contributed by atoms with Crippen LogP contribution in [0.1, 0.15) is 48.1 Å². The van der Waals surface area contributed by atoms with Gasteiger partial charge in [-0.3, -0.25) is 14.9 Å². The van der Waals surface area contributed by atoms with Crippen LogP contribution in [0.3, 0.4) is 0 Å². The molecule has 8 nitrogen and oxygen atoms in total. The highest BCUT2D eigenvalue weighted by Crippen LogP contribution is 2.28. The van der Waals surface area contributed by atoms with Crippen molar-refractivity contribution in [3.63, 3.8) is 0 Å². The number of aromatic nitrogens is 3. The maximum absolute atomic E-state index is 12.9. The van der Waals surface area contributed by atoms with Crippen LogP contribution >= 0.6 is 35.0 Å². The first kappa shape index (κ1) is 25.0. The molecule has 0 aliphatic carbocycles. The quantitative estimate of drug-likeness (QED) is 0.221. The van der Waals surface area contributed by atoms with Crippen molar-refractivity contribution in [3.8, 4) is 0 Å². The highest BCUT2D eigenvalue weighted by Gasteiger charge is 2.24. The molecule has 0 bridgehead atoms. The summed E-state index contributed by atoms with van der Waals surface area (Å²) in [7, 11) is 1.85. The number of nitrogens with zero attached hydrogens (tertiary/aromatic N) is 4. The minimum atomic E-state index is -0.424. The molecule has 0 radical (unpaired) electrons. The van der Waals surface area contributed by atoms with E-state index in [0.717, 1.165) is 5.56 Å². The summed E-state index contributed by atoms with van der Waals surface area (Å²) in [6.07, 6.45) is 0.663. The standard InChI is InChI=1S/C22H23Cl2N5O3S/c1-13(2)10-19(25-21(30)17-9-6-15(23)11-18(17)24)20-26-27-22(28(20)3)33-12-14-4-7-16(8-5-14)29(31)32/h4-9,11,13,19H,10,12H2,1-3H3,(H,25,30)/t19-/m0/s1. The molecule has 11 heteroatoms. The third-order valence-corrected chi connectivity index (χ3v) is 6.52. The van der Waals surface area contributed by atoms with E-state index in [1.807, 2.05) is 11.6 Å². The summed E-state index contributed by atoms with van der Waals surface area (Å²) in [6, 6.07) is 10.8. The molecule has 33 heavy (non-hydrogen) atoms. The molecule has 3 rings (SSSR count). The van der Waals surface area contributed by atoms with Crippen molar-refractivity contribution >= 4 is 46.6 Å². The van der Waals surface area contributed by atoms with Crippen LogP contribution in [0.2, 0.25) is 10.0 Å². The van der Waals surface area contributed by atoms with Gasteiger partial charge in [-0.05, 0) is 36.1 Å². The number of non-ortho nitro benzene ring substituents is 1. The molecule has 0 spiro atoms. The Balaban J connectivity index is 1.75. The monoisotopic (exact) mass is 507 g/mol. The first-order chi connectivity index (χ1) is 15.7. The molecule has 0 aliphatic heterocycles. The van der Waals surface area contributed by atoms with Gasteiger partial charge in [0.25, 0.3) is 11.6 Å². The van der Waals surface area contributed by atoms with Gasteiger partial charge in [0.15, 0.2) is 11.0 Å². The third-order valence-electron chi connectivity index (χ3n) is 4.88. The Labute approximate surface area is 205 Å². The van der Waals surface area contributed by atoms with Crippen LogP contribution in [0.4, 0.5) is 5.69 Å². The van der Waals surface area contributed by atoms with Gasteiger partial charge in [-0.15, -0.1) is 10.2 Å². The van der Waals surface area contributed by atoms with E-state index < -0.39 is 4.92 Å². The molecule has 1 amide bonds. The van der Waals surface area contributed by atoms with Gasteiger partial charge in [0, 0.05) is 30.0 Å². The molecule has 1 aromatic heterocycles. The smallest absolute Gasteiger partial charge is 0.269 e. The fourth-order valence-electron chi connectivity index (χ4n) is 3.23. The number of nitrogens with one attached hydrogen (secondary N) is 1. The molecule has 1 N–H and O–H groups in total. The van der Waals surface area contributed by atoms with E-state index in [0.29, 0.717) is 39.7 Å². The van der Waals surface area contributed by atoms with E-state index >= 15 is 0 Å². The molecular weight excluding hydrogens is 485 g/mol. The summed E-state index contributed by atoms with van der Waals surface area (Å²) < 4.78 is 1.85. The van der Waals surface area contributed by atoms with Crippen molar-refractivity contribution in [2.24, 2.45) is 13.0 Å².